The third-order valence-electron chi connectivity index (χ3n) is 2.52. The molecule has 4 N–H and O–H groups in total. The summed E-state index contributed by atoms with van der Waals surface area (Å²) in [4.78, 5) is 22.6. The van der Waals surface area contributed by atoms with Gasteiger partial charge < -0.3 is 16.2 Å². The first kappa shape index (κ1) is 14.5. The highest BCUT2D eigenvalue weighted by Crippen LogP contribution is 2.23. The highest BCUT2D eigenvalue weighted by Gasteiger charge is 2.14. The van der Waals surface area contributed by atoms with Crippen LogP contribution >= 0.6 is 11.6 Å². The number of amides is 1. The molecule has 1 rings (SSSR count). The first-order chi connectivity index (χ1) is 8.45. The molecule has 5 nitrogen and oxygen atoms in total. The van der Waals surface area contributed by atoms with E-state index in [0.717, 1.165) is 0 Å². The lowest BCUT2D eigenvalue weighted by Crippen LogP contribution is -2.23. The summed E-state index contributed by atoms with van der Waals surface area (Å²) in [7, 11) is 0. The third-order valence-corrected chi connectivity index (χ3v) is 2.85. The number of nitrogens with two attached hydrogens (primary N) is 1. The third kappa shape index (κ3) is 3.72. The molecule has 0 aliphatic carbocycles. The molecule has 1 aromatic rings. The van der Waals surface area contributed by atoms with E-state index in [4.69, 9.17) is 22.4 Å². The molecule has 6 heteroatoms. The van der Waals surface area contributed by atoms with E-state index in [2.05, 4.69) is 5.32 Å². The highest BCUT2D eigenvalue weighted by atomic mass is 35.5. The Kier molecular flexibility index (Phi) is 5.12. The molecule has 1 unspecified atom stereocenters. The molecular formula is C12H15ClN2O3. The Morgan fingerprint density at radius 1 is 1.50 bits per heavy atom. The molecule has 1 atom stereocenters. The number of carboxylic acids is 1. The molecular weight excluding hydrogens is 256 g/mol. The van der Waals surface area contributed by atoms with Crippen LogP contribution in [0.4, 0.5) is 5.69 Å². The second-order valence-electron chi connectivity index (χ2n) is 3.97. The Hall–Kier alpha value is -1.59. The van der Waals surface area contributed by atoms with Gasteiger partial charge in [-0.3, -0.25) is 4.79 Å². The van der Waals surface area contributed by atoms with E-state index in [-0.39, 0.29) is 17.4 Å². The van der Waals surface area contributed by atoms with Crippen LogP contribution in [0.15, 0.2) is 18.2 Å². The first-order valence-corrected chi connectivity index (χ1v) is 5.87. The summed E-state index contributed by atoms with van der Waals surface area (Å²) in [6.07, 6.45) is 0.558. The van der Waals surface area contributed by atoms with E-state index in [1.165, 1.54) is 18.2 Å². The van der Waals surface area contributed by atoms with Gasteiger partial charge in [0, 0.05) is 5.92 Å². The summed E-state index contributed by atoms with van der Waals surface area (Å²) >= 11 is 5.89. The van der Waals surface area contributed by atoms with Crippen molar-refractivity contribution in [2.75, 3.05) is 11.9 Å². The average Bonchev–Trinajstić information content (AvgIpc) is 2.31. The molecule has 0 spiro atoms. The maximum atomic E-state index is 11.8. The maximum Gasteiger partial charge on any atom is 0.335 e. The molecule has 0 heterocycles. The molecule has 1 amide bonds. The Morgan fingerprint density at radius 3 is 2.72 bits per heavy atom. The standard InChI is InChI=1S/C12H15ClN2O3/c1-7(4-5-14)11(16)15-10-6-8(12(17)18)2-3-9(10)13/h2-3,6-7H,4-5,14H2,1H3,(H,15,16)(H,17,18). The van der Waals surface area contributed by atoms with Gasteiger partial charge in [-0.05, 0) is 31.2 Å². The fourth-order valence-corrected chi connectivity index (χ4v) is 1.56. The van der Waals surface area contributed by atoms with Gasteiger partial charge in [-0.15, -0.1) is 0 Å². The second kappa shape index (κ2) is 6.37. The molecule has 0 radical (unpaired) electrons. The van der Waals surface area contributed by atoms with Gasteiger partial charge in [0.25, 0.3) is 0 Å². The summed E-state index contributed by atoms with van der Waals surface area (Å²) in [5.41, 5.74) is 5.74. The SMILES string of the molecule is CC(CCN)C(=O)Nc1cc(C(=O)O)ccc1Cl. The van der Waals surface area contributed by atoms with Gasteiger partial charge in [0.05, 0.1) is 16.3 Å². The van der Waals surface area contributed by atoms with Crippen LogP contribution in [0.2, 0.25) is 5.02 Å². The minimum atomic E-state index is -1.07. The van der Waals surface area contributed by atoms with Crippen molar-refractivity contribution in [1.82, 2.24) is 0 Å². The van der Waals surface area contributed by atoms with Gasteiger partial charge in [-0.2, -0.15) is 0 Å². The van der Waals surface area contributed by atoms with Crippen molar-refractivity contribution in [1.29, 1.82) is 0 Å². The molecule has 0 aliphatic rings. The minimum absolute atomic E-state index is 0.0705. The van der Waals surface area contributed by atoms with Crippen molar-refractivity contribution < 1.29 is 14.7 Å². The van der Waals surface area contributed by atoms with E-state index in [1.807, 2.05) is 0 Å². The Balaban J connectivity index is 2.86. The number of aromatic carboxylic acids is 1. The van der Waals surface area contributed by atoms with E-state index in [0.29, 0.717) is 23.7 Å². The van der Waals surface area contributed by atoms with Crippen LogP contribution in [-0.4, -0.2) is 23.5 Å². The number of rotatable bonds is 5. The molecule has 0 bridgehead atoms. The molecule has 1 aromatic carbocycles. The fourth-order valence-electron chi connectivity index (χ4n) is 1.39. The van der Waals surface area contributed by atoms with Crippen molar-refractivity contribution >= 4 is 29.2 Å². The van der Waals surface area contributed by atoms with Crippen LogP contribution < -0.4 is 11.1 Å². The van der Waals surface area contributed by atoms with E-state index in [1.54, 1.807) is 6.92 Å². The minimum Gasteiger partial charge on any atom is -0.478 e. The molecule has 0 saturated heterocycles. The van der Waals surface area contributed by atoms with Crippen LogP contribution in [-0.2, 0) is 4.79 Å². The predicted octanol–water partition coefficient (Wildman–Crippen LogP) is 1.96. The number of halogens is 1. The van der Waals surface area contributed by atoms with Crippen molar-refractivity contribution in [2.45, 2.75) is 13.3 Å². The predicted molar refractivity (Wildman–Crippen MR) is 69.9 cm³/mol. The Labute approximate surface area is 110 Å². The van der Waals surface area contributed by atoms with E-state index in [9.17, 15) is 9.59 Å². The van der Waals surface area contributed by atoms with Crippen LogP contribution in [0.25, 0.3) is 0 Å². The maximum absolute atomic E-state index is 11.8. The number of carboxylic acid groups (broad SMARTS) is 1. The smallest absolute Gasteiger partial charge is 0.335 e. The lowest BCUT2D eigenvalue weighted by Gasteiger charge is -2.12. The topological polar surface area (TPSA) is 92.4 Å². The van der Waals surface area contributed by atoms with Crippen molar-refractivity contribution in [3.63, 3.8) is 0 Å². The van der Waals surface area contributed by atoms with Crippen molar-refractivity contribution in [3.05, 3.63) is 28.8 Å². The van der Waals surface area contributed by atoms with Crippen LogP contribution in [0.3, 0.4) is 0 Å². The summed E-state index contributed by atoms with van der Waals surface area (Å²) in [6, 6.07) is 4.15. The number of hydrogen-bond donors (Lipinski definition) is 3. The monoisotopic (exact) mass is 270 g/mol. The summed E-state index contributed by atoms with van der Waals surface area (Å²) in [5, 5.41) is 11.8. The number of benzene rings is 1. The zero-order valence-corrected chi connectivity index (χ0v) is 10.7. The van der Waals surface area contributed by atoms with Crippen molar-refractivity contribution in [2.24, 2.45) is 11.7 Å². The van der Waals surface area contributed by atoms with Crippen LogP contribution in [0, 0.1) is 5.92 Å². The number of nitrogens with one attached hydrogen (secondary N) is 1. The number of carbonyl (C=O) groups excluding carboxylic acids is 1. The number of anilines is 1. The molecule has 18 heavy (non-hydrogen) atoms. The summed E-state index contributed by atoms with van der Waals surface area (Å²) in [6.45, 7) is 2.16. The van der Waals surface area contributed by atoms with Crippen molar-refractivity contribution in [3.8, 4) is 0 Å². The molecule has 0 fully saturated rings. The van der Waals surface area contributed by atoms with Gasteiger partial charge in [0.15, 0.2) is 0 Å². The molecule has 0 aromatic heterocycles. The largest absolute Gasteiger partial charge is 0.478 e. The fraction of sp³-hybridized carbons (Fsp3) is 0.333. The average molecular weight is 271 g/mol. The first-order valence-electron chi connectivity index (χ1n) is 5.49. The number of hydrogen-bond acceptors (Lipinski definition) is 3. The highest BCUT2D eigenvalue weighted by molar-refractivity contribution is 6.33. The van der Waals surface area contributed by atoms with Crippen LogP contribution in [0.5, 0.6) is 0 Å². The number of carbonyl (C=O) groups is 2. The van der Waals surface area contributed by atoms with E-state index >= 15 is 0 Å². The summed E-state index contributed by atoms with van der Waals surface area (Å²) in [5.74, 6) is -1.55. The zero-order chi connectivity index (χ0) is 13.7. The molecule has 0 aliphatic heterocycles. The zero-order valence-electron chi connectivity index (χ0n) is 9.94. The molecule has 0 saturated carbocycles. The van der Waals surface area contributed by atoms with Gasteiger partial charge in [0.2, 0.25) is 5.91 Å². The van der Waals surface area contributed by atoms with Gasteiger partial charge in [-0.1, -0.05) is 18.5 Å². The Bertz CT molecular complexity index is 463. The lowest BCUT2D eigenvalue weighted by molar-refractivity contribution is -0.119. The Morgan fingerprint density at radius 2 is 2.17 bits per heavy atom. The second-order valence-corrected chi connectivity index (χ2v) is 4.37. The van der Waals surface area contributed by atoms with Gasteiger partial charge in [-0.25, -0.2) is 4.79 Å². The quantitative estimate of drug-likeness (QED) is 0.762. The lowest BCUT2D eigenvalue weighted by atomic mass is 10.1. The van der Waals surface area contributed by atoms with Gasteiger partial charge >= 0.3 is 5.97 Å². The van der Waals surface area contributed by atoms with Gasteiger partial charge in [0.1, 0.15) is 0 Å². The van der Waals surface area contributed by atoms with E-state index < -0.39 is 5.97 Å². The van der Waals surface area contributed by atoms with Crippen LogP contribution in [0.1, 0.15) is 23.7 Å². The summed E-state index contributed by atoms with van der Waals surface area (Å²) < 4.78 is 0. The molecule has 98 valence electrons. The normalized spacial score (nSPS) is 11.9.